The summed E-state index contributed by atoms with van der Waals surface area (Å²) >= 11 is 0. The van der Waals surface area contributed by atoms with Crippen molar-refractivity contribution in [3.63, 3.8) is 0 Å². The van der Waals surface area contributed by atoms with Crippen LogP contribution in [0.5, 0.6) is 11.5 Å². The molecule has 1 atom stereocenters. The summed E-state index contributed by atoms with van der Waals surface area (Å²) in [7, 11) is 0. The molecule has 1 unspecified atom stereocenters. The molecule has 2 rings (SSSR count). The van der Waals surface area contributed by atoms with E-state index in [4.69, 9.17) is 9.47 Å². The van der Waals surface area contributed by atoms with E-state index in [0.29, 0.717) is 5.92 Å². The molecule has 0 radical (unpaired) electrons. The maximum absolute atomic E-state index is 6.09. The second-order valence-electron chi connectivity index (χ2n) is 6.90. The smallest absolute Gasteiger partial charge is 0.121 e. The summed E-state index contributed by atoms with van der Waals surface area (Å²) in [4.78, 5) is 0. The normalized spacial score (nSPS) is 12.0. The maximum Gasteiger partial charge on any atom is 0.121 e. The van der Waals surface area contributed by atoms with Crippen LogP contribution in [-0.2, 0) is 0 Å². The van der Waals surface area contributed by atoms with Crippen LogP contribution >= 0.6 is 0 Å². The van der Waals surface area contributed by atoms with Gasteiger partial charge in [-0.1, -0.05) is 39.0 Å². The molecule has 0 aromatic heterocycles. The molecule has 0 saturated carbocycles. The fourth-order valence-corrected chi connectivity index (χ4v) is 2.49. The predicted octanol–water partition coefficient (Wildman–Crippen LogP) is 5.69. The van der Waals surface area contributed by atoms with Crippen LogP contribution in [0.4, 0.5) is 5.69 Å². The molecule has 0 amide bonds. The fraction of sp³-hybridized carbons (Fsp3) is 0.455. The Morgan fingerprint density at radius 1 is 1.00 bits per heavy atom. The molecule has 0 spiro atoms. The van der Waals surface area contributed by atoms with Crippen molar-refractivity contribution in [2.75, 3.05) is 18.5 Å². The Balaban J connectivity index is 1.86. The number of ether oxygens (including phenoxy) is 2. The first-order chi connectivity index (χ1) is 12.1. The highest BCUT2D eigenvalue weighted by atomic mass is 16.5. The lowest BCUT2D eigenvalue weighted by Crippen LogP contribution is -2.25. The highest BCUT2D eigenvalue weighted by molar-refractivity contribution is 5.48. The van der Waals surface area contributed by atoms with E-state index in [1.54, 1.807) is 0 Å². The monoisotopic (exact) mass is 341 g/mol. The van der Waals surface area contributed by atoms with Crippen LogP contribution in [0.1, 0.15) is 39.2 Å². The van der Waals surface area contributed by atoms with Gasteiger partial charge in [0.2, 0.25) is 0 Å². The quantitative estimate of drug-likeness (QED) is 0.602. The molecule has 0 heterocycles. The summed E-state index contributed by atoms with van der Waals surface area (Å²) in [5.41, 5.74) is 2.28. The van der Waals surface area contributed by atoms with Crippen LogP contribution in [0.3, 0.4) is 0 Å². The number of nitrogens with one attached hydrogen (secondary N) is 1. The number of benzene rings is 2. The summed E-state index contributed by atoms with van der Waals surface area (Å²) < 4.78 is 11.9. The molecular weight excluding hydrogens is 310 g/mol. The molecule has 0 bridgehead atoms. The second kappa shape index (κ2) is 9.97. The lowest BCUT2D eigenvalue weighted by atomic mass is 10.1. The van der Waals surface area contributed by atoms with Crippen LogP contribution < -0.4 is 14.8 Å². The zero-order valence-corrected chi connectivity index (χ0v) is 15.9. The van der Waals surface area contributed by atoms with Crippen molar-refractivity contribution in [2.24, 2.45) is 5.92 Å². The Labute approximate surface area is 152 Å². The van der Waals surface area contributed by atoms with Gasteiger partial charge in [0.15, 0.2) is 0 Å². The van der Waals surface area contributed by atoms with E-state index in [0.717, 1.165) is 43.2 Å². The highest BCUT2D eigenvalue weighted by Crippen LogP contribution is 2.19. The second-order valence-corrected chi connectivity index (χ2v) is 6.90. The number of hydrogen-bond acceptors (Lipinski definition) is 3. The third-order valence-electron chi connectivity index (χ3n) is 4.08. The third-order valence-corrected chi connectivity index (χ3v) is 4.08. The summed E-state index contributed by atoms with van der Waals surface area (Å²) in [6.45, 7) is 10.2. The van der Waals surface area contributed by atoms with Gasteiger partial charge in [0.05, 0.1) is 13.2 Å². The first kappa shape index (κ1) is 19.2. The number of hydrogen-bond donors (Lipinski definition) is 1. The Kier molecular flexibility index (Phi) is 7.65. The van der Waals surface area contributed by atoms with Gasteiger partial charge in [-0.2, -0.15) is 0 Å². The Morgan fingerprint density at radius 2 is 1.76 bits per heavy atom. The molecule has 1 N–H and O–H groups in total. The SMILES string of the molecule is CCC(CNc1cccc(OCCC(C)C)c1)Oc1cccc(C)c1. The van der Waals surface area contributed by atoms with Crippen LogP contribution in [0.15, 0.2) is 48.5 Å². The number of rotatable bonds is 10. The van der Waals surface area contributed by atoms with Crippen molar-refractivity contribution in [2.45, 2.75) is 46.6 Å². The van der Waals surface area contributed by atoms with Crippen LogP contribution in [-0.4, -0.2) is 19.3 Å². The molecule has 3 nitrogen and oxygen atoms in total. The minimum absolute atomic E-state index is 0.132. The first-order valence-electron chi connectivity index (χ1n) is 9.27. The van der Waals surface area contributed by atoms with E-state index in [1.807, 2.05) is 24.3 Å². The lowest BCUT2D eigenvalue weighted by molar-refractivity contribution is 0.210. The largest absolute Gasteiger partial charge is 0.494 e. The van der Waals surface area contributed by atoms with E-state index < -0.39 is 0 Å². The zero-order chi connectivity index (χ0) is 18.1. The maximum atomic E-state index is 6.09. The molecule has 25 heavy (non-hydrogen) atoms. The molecule has 0 aliphatic rings. The molecule has 0 aliphatic heterocycles. The Hall–Kier alpha value is -2.16. The minimum atomic E-state index is 0.132. The van der Waals surface area contributed by atoms with E-state index in [9.17, 15) is 0 Å². The fourth-order valence-electron chi connectivity index (χ4n) is 2.49. The standard InChI is InChI=1S/C22H31NO2/c1-5-20(25-22-11-6-8-18(4)14-22)16-23-19-9-7-10-21(15-19)24-13-12-17(2)3/h6-11,14-15,17,20,23H,5,12-13,16H2,1-4H3. The van der Waals surface area contributed by atoms with Crippen molar-refractivity contribution >= 4 is 5.69 Å². The summed E-state index contributed by atoms with van der Waals surface area (Å²) in [6, 6.07) is 16.3. The van der Waals surface area contributed by atoms with Crippen molar-refractivity contribution in [3.05, 3.63) is 54.1 Å². The van der Waals surface area contributed by atoms with E-state index >= 15 is 0 Å². The van der Waals surface area contributed by atoms with Gasteiger partial charge in [0.25, 0.3) is 0 Å². The first-order valence-corrected chi connectivity index (χ1v) is 9.27. The van der Waals surface area contributed by atoms with Crippen LogP contribution in [0, 0.1) is 12.8 Å². The molecule has 2 aromatic carbocycles. The number of anilines is 1. The van der Waals surface area contributed by atoms with Crippen molar-refractivity contribution in [3.8, 4) is 11.5 Å². The van der Waals surface area contributed by atoms with Crippen molar-refractivity contribution < 1.29 is 9.47 Å². The van der Waals surface area contributed by atoms with Gasteiger partial charge >= 0.3 is 0 Å². The highest BCUT2D eigenvalue weighted by Gasteiger charge is 2.08. The topological polar surface area (TPSA) is 30.5 Å². The van der Waals surface area contributed by atoms with E-state index in [-0.39, 0.29) is 6.10 Å². The Bertz CT molecular complexity index is 639. The average molecular weight is 341 g/mol. The lowest BCUT2D eigenvalue weighted by Gasteiger charge is -2.19. The summed E-state index contributed by atoms with van der Waals surface area (Å²) in [5, 5.41) is 3.47. The molecule has 3 heteroatoms. The van der Waals surface area contributed by atoms with Gasteiger partial charge in [0.1, 0.15) is 17.6 Å². The molecule has 0 aliphatic carbocycles. The van der Waals surface area contributed by atoms with Crippen molar-refractivity contribution in [1.29, 1.82) is 0 Å². The molecule has 0 saturated heterocycles. The molecule has 136 valence electrons. The van der Waals surface area contributed by atoms with Gasteiger partial charge in [-0.15, -0.1) is 0 Å². The minimum Gasteiger partial charge on any atom is -0.494 e. The van der Waals surface area contributed by atoms with Crippen LogP contribution in [0.2, 0.25) is 0 Å². The molecule has 0 fully saturated rings. The number of aryl methyl sites for hydroxylation is 1. The van der Waals surface area contributed by atoms with E-state index in [2.05, 4.69) is 57.3 Å². The third kappa shape index (κ3) is 7.08. The average Bonchev–Trinajstić information content (AvgIpc) is 2.59. The van der Waals surface area contributed by atoms with Crippen molar-refractivity contribution in [1.82, 2.24) is 0 Å². The van der Waals surface area contributed by atoms with Gasteiger partial charge < -0.3 is 14.8 Å². The Morgan fingerprint density at radius 3 is 2.48 bits per heavy atom. The van der Waals surface area contributed by atoms with Gasteiger partial charge in [-0.3, -0.25) is 0 Å². The van der Waals surface area contributed by atoms with Crippen LogP contribution in [0.25, 0.3) is 0 Å². The summed E-state index contributed by atoms with van der Waals surface area (Å²) in [5.74, 6) is 2.50. The van der Waals surface area contributed by atoms with Gasteiger partial charge in [-0.05, 0) is 55.5 Å². The molecule has 2 aromatic rings. The molecular formula is C22H31NO2. The summed E-state index contributed by atoms with van der Waals surface area (Å²) in [6.07, 6.45) is 2.15. The van der Waals surface area contributed by atoms with E-state index in [1.165, 1.54) is 5.56 Å². The zero-order valence-electron chi connectivity index (χ0n) is 15.9. The predicted molar refractivity (Wildman–Crippen MR) is 106 cm³/mol. The van der Waals surface area contributed by atoms with Gasteiger partial charge in [-0.25, -0.2) is 0 Å². The van der Waals surface area contributed by atoms with Gasteiger partial charge in [0, 0.05) is 11.8 Å².